The minimum atomic E-state index is -1.31. The van der Waals surface area contributed by atoms with Crippen LogP contribution in [-0.2, 0) is 46.3 Å². The molecule has 18 heteroatoms. The van der Waals surface area contributed by atoms with E-state index in [1.807, 2.05) is 13.8 Å². The fourth-order valence-corrected chi connectivity index (χ4v) is 11.0. The number of anilines is 2. The van der Waals surface area contributed by atoms with E-state index >= 15 is 0 Å². The molecule has 0 saturated carbocycles. The third-order valence-electron chi connectivity index (χ3n) is 15.9. The molecule has 2 fully saturated rings. The molecule has 4 aliphatic rings. The van der Waals surface area contributed by atoms with E-state index in [-0.39, 0.29) is 55.9 Å². The largest absolute Gasteiger partial charge is 0.480 e. The van der Waals surface area contributed by atoms with Crippen LogP contribution in [0.1, 0.15) is 150 Å². The minimum Gasteiger partial charge on any atom is -0.480 e. The summed E-state index contributed by atoms with van der Waals surface area (Å²) in [5.74, 6) is -4.88. The number of nitrogens with one attached hydrogen (secondary N) is 2. The average molecular weight is 1070 g/mol. The average Bonchev–Trinajstić information content (AvgIpc) is 4.31. The van der Waals surface area contributed by atoms with Crippen molar-refractivity contribution in [3.05, 3.63) is 129 Å². The summed E-state index contributed by atoms with van der Waals surface area (Å²) in [6.07, 6.45) is 4.88. The number of fused-ring (bicyclic) bond motifs is 2. The molecule has 78 heavy (non-hydrogen) atoms. The molecule has 0 aliphatic carbocycles. The van der Waals surface area contributed by atoms with Gasteiger partial charge in [0.25, 0.3) is 23.6 Å². The second-order valence-electron chi connectivity index (χ2n) is 20.3. The predicted molar refractivity (Wildman–Crippen MR) is 291 cm³/mol. The smallest absolute Gasteiger partial charge is 0.328 e. The van der Waals surface area contributed by atoms with E-state index in [4.69, 9.17) is 4.74 Å². The van der Waals surface area contributed by atoms with Crippen LogP contribution >= 0.6 is 0 Å². The van der Waals surface area contributed by atoms with Gasteiger partial charge < -0.3 is 30.3 Å². The number of carboxylic acids is 1. The number of ether oxygens (including phenoxy) is 1. The summed E-state index contributed by atoms with van der Waals surface area (Å²) in [6.45, 7) is 15.1. The molecule has 0 spiro atoms. The van der Waals surface area contributed by atoms with Gasteiger partial charge in [0.15, 0.2) is 0 Å². The number of likely N-dealkylation sites (tertiary alicyclic amines) is 2. The molecule has 4 heterocycles. The number of carbonyl (C=O) groups excluding carboxylic acids is 9. The van der Waals surface area contributed by atoms with Crippen LogP contribution in [0.15, 0.2) is 84.9 Å². The number of hydrogen-bond donors (Lipinski definition) is 3. The molecule has 2 atom stereocenters. The number of benzene rings is 4. The first-order valence-electron chi connectivity index (χ1n) is 27.1. The maximum atomic E-state index is 13.6. The summed E-state index contributed by atoms with van der Waals surface area (Å²) >= 11 is 0. The summed E-state index contributed by atoms with van der Waals surface area (Å²) in [6, 6.07) is 21.2. The number of aryl methyl sites for hydroxylation is 2. The SMILES string of the molecule is CCC(CC)(C(=O)N[C@@H](Cc1ccc(N2C(=O)c3cccc(C)c3C2=O)cc1)C(=O)O)C(=O)N1CCCC1.CCOC(=O)[C@H](Cc1ccc(N2C(=O)c3cccc(C)c3C2=O)cc1)NC(=O)C(CC)(CC)C(=O)N1CCCC1. The first kappa shape index (κ1) is 57.7. The summed E-state index contributed by atoms with van der Waals surface area (Å²) in [4.78, 5) is 136. The lowest BCUT2D eigenvalue weighted by molar-refractivity contribution is -0.155. The van der Waals surface area contributed by atoms with E-state index in [0.717, 1.165) is 46.6 Å². The van der Waals surface area contributed by atoms with Gasteiger partial charge in [-0.2, -0.15) is 0 Å². The number of nitrogens with zero attached hydrogens (tertiary/aromatic N) is 4. The maximum absolute atomic E-state index is 13.6. The van der Waals surface area contributed by atoms with Gasteiger partial charge in [-0.05, 0) is 131 Å². The lowest BCUT2D eigenvalue weighted by atomic mass is 9.79. The van der Waals surface area contributed by atoms with Crippen molar-refractivity contribution in [3.63, 3.8) is 0 Å². The number of amides is 8. The van der Waals surface area contributed by atoms with Gasteiger partial charge in [-0.1, -0.05) is 76.2 Å². The molecule has 4 aromatic rings. The highest BCUT2D eigenvalue weighted by Gasteiger charge is 2.48. The van der Waals surface area contributed by atoms with E-state index < -0.39 is 58.5 Å². The molecule has 412 valence electrons. The third-order valence-corrected chi connectivity index (χ3v) is 15.9. The van der Waals surface area contributed by atoms with Gasteiger partial charge in [-0.3, -0.25) is 38.4 Å². The Morgan fingerprint density at radius 1 is 0.526 bits per heavy atom. The fraction of sp³-hybridized carbons (Fsp3) is 0.433. The Kier molecular flexibility index (Phi) is 18.1. The van der Waals surface area contributed by atoms with Gasteiger partial charge in [0, 0.05) is 39.0 Å². The van der Waals surface area contributed by atoms with Crippen molar-refractivity contribution in [1.82, 2.24) is 20.4 Å². The molecule has 2 saturated heterocycles. The van der Waals surface area contributed by atoms with Gasteiger partial charge in [-0.25, -0.2) is 19.4 Å². The number of imide groups is 2. The maximum Gasteiger partial charge on any atom is 0.328 e. The number of esters is 1. The highest BCUT2D eigenvalue weighted by molar-refractivity contribution is 6.35. The Hall–Kier alpha value is -8.02. The number of aliphatic carboxylic acids is 1. The van der Waals surface area contributed by atoms with Gasteiger partial charge in [0.2, 0.25) is 23.6 Å². The van der Waals surface area contributed by atoms with Gasteiger partial charge >= 0.3 is 11.9 Å². The zero-order chi connectivity index (χ0) is 56.6. The second-order valence-corrected chi connectivity index (χ2v) is 20.3. The number of carboxylic acid groups (broad SMARTS) is 1. The Balaban J connectivity index is 0.000000226. The van der Waals surface area contributed by atoms with E-state index in [2.05, 4.69) is 10.6 Å². The molecule has 0 bridgehead atoms. The lowest BCUT2D eigenvalue weighted by Gasteiger charge is -2.34. The van der Waals surface area contributed by atoms with Gasteiger partial charge in [0.05, 0.1) is 40.2 Å². The first-order chi connectivity index (χ1) is 37.3. The number of rotatable bonds is 19. The van der Waals surface area contributed by atoms with E-state index in [1.54, 1.807) is 129 Å². The number of hydrogen-bond acceptors (Lipinski definition) is 11. The van der Waals surface area contributed by atoms with Crippen molar-refractivity contribution in [2.45, 2.75) is 125 Å². The monoisotopic (exact) mass is 1070 g/mol. The van der Waals surface area contributed by atoms with Crippen LogP contribution in [0.25, 0.3) is 0 Å². The zero-order valence-electron chi connectivity index (χ0n) is 45.6. The van der Waals surface area contributed by atoms with Gasteiger partial charge in [0.1, 0.15) is 22.9 Å². The molecule has 4 aliphatic heterocycles. The lowest BCUT2D eigenvalue weighted by Crippen LogP contribution is -2.55. The summed E-state index contributed by atoms with van der Waals surface area (Å²) in [7, 11) is 0. The van der Waals surface area contributed by atoms with Gasteiger partial charge in [-0.15, -0.1) is 0 Å². The molecule has 0 aromatic heterocycles. The van der Waals surface area contributed by atoms with Crippen LogP contribution in [0, 0.1) is 24.7 Å². The van der Waals surface area contributed by atoms with Crippen molar-refractivity contribution in [2.75, 3.05) is 42.6 Å². The Labute approximate surface area is 454 Å². The molecule has 8 rings (SSSR count). The molecule has 8 amide bonds. The van der Waals surface area contributed by atoms with Crippen molar-refractivity contribution in [1.29, 1.82) is 0 Å². The van der Waals surface area contributed by atoms with Crippen molar-refractivity contribution in [2.24, 2.45) is 10.8 Å². The standard InChI is InChI=1S/C31H37N3O6.C29H33N3O6/c1-5-31(6-2,30(39)33-17-8-9-18-33)29(38)32-24(28(37)40-7-3)19-21-13-15-22(16-14-21)34-26(35)23-12-10-11-20(4)25(23)27(34)36;1-4-29(5-2,28(38)31-15-6-7-16-31)27(37)30-22(26(35)36)17-19-11-13-20(14-12-19)32-24(33)21-10-8-9-18(3)23(21)25(32)34/h10-16,24H,5-9,17-19H2,1-4H3,(H,32,38);8-14,22H,4-7,15-17H2,1-3H3,(H,30,37)(H,35,36)/t24-;22-/m00/s1. The Bertz CT molecular complexity index is 2990. The topological polar surface area (TPSA) is 237 Å². The minimum absolute atomic E-state index is 0.0238. The molecule has 18 nitrogen and oxygen atoms in total. The highest BCUT2D eigenvalue weighted by Crippen LogP contribution is 2.35. The van der Waals surface area contributed by atoms with E-state index in [9.17, 15) is 53.1 Å². The first-order valence-corrected chi connectivity index (χ1v) is 27.1. The number of carbonyl (C=O) groups is 10. The summed E-state index contributed by atoms with van der Waals surface area (Å²) in [5, 5.41) is 15.3. The third kappa shape index (κ3) is 11.2. The van der Waals surface area contributed by atoms with Crippen LogP contribution < -0.4 is 20.4 Å². The van der Waals surface area contributed by atoms with E-state index in [1.165, 1.54) is 0 Å². The van der Waals surface area contributed by atoms with Crippen LogP contribution in [0.4, 0.5) is 11.4 Å². The molecule has 3 N–H and O–H groups in total. The molecular formula is C60H70N6O12. The molecule has 4 aromatic carbocycles. The van der Waals surface area contributed by atoms with Crippen molar-refractivity contribution in [3.8, 4) is 0 Å². The predicted octanol–water partition coefficient (Wildman–Crippen LogP) is 7.15. The van der Waals surface area contributed by atoms with Crippen LogP contribution in [-0.4, -0.2) is 119 Å². The normalized spacial score (nSPS) is 15.8. The van der Waals surface area contributed by atoms with Crippen LogP contribution in [0.2, 0.25) is 0 Å². The summed E-state index contributed by atoms with van der Waals surface area (Å²) in [5.41, 5.74) is 2.48. The molecule has 0 unspecified atom stereocenters. The summed E-state index contributed by atoms with van der Waals surface area (Å²) < 4.78 is 5.25. The Morgan fingerprint density at radius 3 is 1.22 bits per heavy atom. The van der Waals surface area contributed by atoms with E-state index in [0.29, 0.717) is 83.8 Å². The Morgan fingerprint density at radius 2 is 0.885 bits per heavy atom. The zero-order valence-corrected chi connectivity index (χ0v) is 45.6. The van der Waals surface area contributed by atoms with Crippen LogP contribution in [0.5, 0.6) is 0 Å². The fourth-order valence-electron chi connectivity index (χ4n) is 11.0. The molecular weight excluding hydrogens is 997 g/mol. The second kappa shape index (κ2) is 24.5. The van der Waals surface area contributed by atoms with Crippen molar-refractivity contribution < 1.29 is 57.8 Å². The van der Waals surface area contributed by atoms with Crippen LogP contribution in [0.3, 0.4) is 0 Å². The quantitative estimate of drug-likeness (QED) is 0.0482. The van der Waals surface area contributed by atoms with Crippen molar-refractivity contribution >= 4 is 70.6 Å². The molecule has 0 radical (unpaired) electrons. The highest BCUT2D eigenvalue weighted by atomic mass is 16.5.